The van der Waals surface area contributed by atoms with Gasteiger partial charge in [-0.25, -0.2) is 0 Å². The molecule has 1 aliphatic rings. The number of aliphatic hydroxyl groups is 1. The molecule has 0 radical (unpaired) electrons. The van der Waals surface area contributed by atoms with Gasteiger partial charge in [0.25, 0.3) is 0 Å². The maximum Gasteiger partial charge on any atom is 0.240 e. The first-order valence-electron chi connectivity index (χ1n) is 10.3. The summed E-state index contributed by atoms with van der Waals surface area (Å²) in [5.41, 5.74) is -0.204. The van der Waals surface area contributed by atoms with E-state index >= 15 is 0 Å². The largest absolute Gasteiger partial charge is 0.405 e. The second kappa shape index (κ2) is 9.68. The van der Waals surface area contributed by atoms with Crippen LogP contribution in [-0.4, -0.2) is 38.6 Å². The van der Waals surface area contributed by atoms with Crippen LogP contribution in [0.5, 0.6) is 0 Å². The Hall–Kier alpha value is -1.98. The molecule has 4 heteroatoms. The molecule has 0 saturated heterocycles. The quantitative estimate of drug-likeness (QED) is 0.565. The van der Waals surface area contributed by atoms with E-state index in [4.69, 9.17) is 9.16 Å². The van der Waals surface area contributed by atoms with Gasteiger partial charge in [0.05, 0.1) is 12.2 Å². The van der Waals surface area contributed by atoms with Crippen LogP contribution in [0.3, 0.4) is 0 Å². The summed E-state index contributed by atoms with van der Waals surface area (Å²) in [6.45, 7) is 10.3. The third-order valence-corrected chi connectivity index (χ3v) is 7.78. The van der Waals surface area contributed by atoms with E-state index in [1.165, 1.54) is 10.4 Å². The molecule has 0 spiro atoms. The van der Waals surface area contributed by atoms with Gasteiger partial charge in [-0.3, -0.25) is 0 Å². The molecule has 0 saturated carbocycles. The fourth-order valence-corrected chi connectivity index (χ4v) is 6.45. The van der Waals surface area contributed by atoms with Gasteiger partial charge in [0.1, 0.15) is 12.2 Å². The zero-order valence-electron chi connectivity index (χ0n) is 17.6. The van der Waals surface area contributed by atoms with E-state index in [0.717, 1.165) is 6.42 Å². The average Bonchev–Trinajstić information content (AvgIpc) is 2.71. The van der Waals surface area contributed by atoms with Gasteiger partial charge in [-0.05, 0) is 22.2 Å². The Morgan fingerprint density at radius 1 is 1.03 bits per heavy atom. The highest BCUT2D eigenvalue weighted by Crippen LogP contribution is 2.32. The standard InChI is InChI=1S/C25H32O3Si/c1-5-12-19-17-18-22(26)23(27-19)24(25(2,3)4)28-29(20-13-8-6-9-14-20)21-15-10-7-11-16-21/h5-11,13-19,22-24,26,29H,1,12H2,2-4H3/t19-,22+,23-,24?/m1/s1. The van der Waals surface area contributed by atoms with E-state index in [2.05, 4.69) is 75.9 Å². The van der Waals surface area contributed by atoms with E-state index < -0.39 is 21.2 Å². The molecule has 0 aliphatic carbocycles. The van der Waals surface area contributed by atoms with Crippen LogP contribution < -0.4 is 10.4 Å². The normalized spacial score (nSPS) is 23.1. The molecule has 2 aromatic carbocycles. The zero-order valence-corrected chi connectivity index (χ0v) is 18.7. The van der Waals surface area contributed by atoms with Gasteiger partial charge in [0.15, 0.2) is 0 Å². The zero-order chi connectivity index (χ0) is 20.9. The Morgan fingerprint density at radius 2 is 1.59 bits per heavy atom. The lowest BCUT2D eigenvalue weighted by molar-refractivity contribution is -0.132. The molecule has 3 rings (SSSR count). The molecule has 3 nitrogen and oxygen atoms in total. The number of aliphatic hydroxyl groups excluding tert-OH is 1. The fraction of sp³-hybridized carbons (Fsp3) is 0.360. The number of hydrogen-bond acceptors (Lipinski definition) is 3. The van der Waals surface area contributed by atoms with Gasteiger partial charge in [-0.1, -0.05) is 99.7 Å². The number of benzene rings is 2. The molecule has 1 aliphatic heterocycles. The molecule has 0 aromatic heterocycles. The predicted octanol–water partition coefficient (Wildman–Crippen LogP) is 3.22. The molecule has 0 fully saturated rings. The minimum absolute atomic E-state index is 0.0806. The molecule has 2 aromatic rings. The minimum atomic E-state index is -1.98. The van der Waals surface area contributed by atoms with Gasteiger partial charge < -0.3 is 14.3 Å². The maximum absolute atomic E-state index is 10.7. The van der Waals surface area contributed by atoms with Gasteiger partial charge in [0.2, 0.25) is 9.04 Å². The molecule has 0 amide bonds. The van der Waals surface area contributed by atoms with Gasteiger partial charge in [-0.15, -0.1) is 6.58 Å². The first-order valence-corrected chi connectivity index (χ1v) is 11.9. The van der Waals surface area contributed by atoms with E-state index in [1.54, 1.807) is 0 Å². The molecular weight excluding hydrogens is 376 g/mol. The van der Waals surface area contributed by atoms with Crippen LogP contribution >= 0.6 is 0 Å². The van der Waals surface area contributed by atoms with Crippen LogP contribution in [0.1, 0.15) is 27.2 Å². The van der Waals surface area contributed by atoms with E-state index in [-0.39, 0.29) is 17.6 Å². The Bertz CT molecular complexity index is 758. The summed E-state index contributed by atoms with van der Waals surface area (Å²) < 4.78 is 13.2. The van der Waals surface area contributed by atoms with Crippen LogP contribution in [0, 0.1) is 5.41 Å². The van der Waals surface area contributed by atoms with Crippen molar-refractivity contribution >= 4 is 19.4 Å². The molecule has 1 unspecified atom stereocenters. The number of hydrogen-bond donors (Lipinski definition) is 1. The van der Waals surface area contributed by atoms with Crippen molar-refractivity contribution in [1.29, 1.82) is 0 Å². The molecule has 1 heterocycles. The Balaban J connectivity index is 1.95. The van der Waals surface area contributed by atoms with Gasteiger partial charge in [-0.2, -0.15) is 0 Å². The van der Waals surface area contributed by atoms with Crippen LogP contribution in [0.2, 0.25) is 0 Å². The van der Waals surface area contributed by atoms with Crippen molar-refractivity contribution in [1.82, 2.24) is 0 Å². The van der Waals surface area contributed by atoms with Crippen molar-refractivity contribution in [3.63, 3.8) is 0 Å². The summed E-state index contributed by atoms with van der Waals surface area (Å²) in [7, 11) is -1.98. The molecule has 0 bridgehead atoms. The average molecular weight is 409 g/mol. The van der Waals surface area contributed by atoms with Crippen molar-refractivity contribution in [3.8, 4) is 0 Å². The number of ether oxygens (including phenoxy) is 1. The summed E-state index contributed by atoms with van der Waals surface area (Å²) in [5, 5.41) is 13.2. The molecule has 4 atom stereocenters. The van der Waals surface area contributed by atoms with Crippen molar-refractivity contribution < 1.29 is 14.3 Å². The molecule has 29 heavy (non-hydrogen) atoms. The summed E-state index contributed by atoms with van der Waals surface area (Å²) in [4.78, 5) is 0. The van der Waals surface area contributed by atoms with Gasteiger partial charge >= 0.3 is 0 Å². The lowest BCUT2D eigenvalue weighted by atomic mass is 9.83. The number of rotatable bonds is 7. The molecular formula is C25H32O3Si. The topological polar surface area (TPSA) is 38.7 Å². The maximum atomic E-state index is 10.7. The Labute approximate surface area is 176 Å². The summed E-state index contributed by atoms with van der Waals surface area (Å²) in [5.74, 6) is 0. The first kappa shape index (κ1) is 21.7. The van der Waals surface area contributed by atoms with Crippen molar-refractivity contribution in [2.45, 2.75) is 51.6 Å². The Morgan fingerprint density at radius 3 is 2.07 bits per heavy atom. The van der Waals surface area contributed by atoms with E-state index in [9.17, 15) is 5.11 Å². The van der Waals surface area contributed by atoms with Gasteiger partial charge in [0, 0.05) is 0 Å². The third-order valence-electron chi connectivity index (χ3n) is 5.23. The van der Waals surface area contributed by atoms with E-state index in [1.807, 2.05) is 30.4 Å². The lowest BCUT2D eigenvalue weighted by Gasteiger charge is -2.43. The minimum Gasteiger partial charge on any atom is -0.405 e. The second-order valence-corrected chi connectivity index (χ2v) is 11.0. The fourth-order valence-electron chi connectivity index (χ4n) is 3.75. The summed E-state index contributed by atoms with van der Waals surface area (Å²) >= 11 is 0. The second-order valence-electron chi connectivity index (χ2n) is 8.66. The SMILES string of the molecule is C=CC[C@@H]1C=C[C@H](O)[C@H](C(O[SiH](c2ccccc2)c2ccccc2)C(C)(C)C)O1. The van der Waals surface area contributed by atoms with Crippen LogP contribution in [0.25, 0.3) is 0 Å². The first-order chi connectivity index (χ1) is 13.9. The van der Waals surface area contributed by atoms with Crippen LogP contribution in [0.15, 0.2) is 85.5 Å². The Kier molecular flexibility index (Phi) is 7.25. The lowest BCUT2D eigenvalue weighted by Crippen LogP contribution is -2.56. The highest BCUT2D eigenvalue weighted by atomic mass is 28.3. The molecule has 154 valence electrons. The van der Waals surface area contributed by atoms with Crippen molar-refractivity contribution in [2.75, 3.05) is 0 Å². The monoisotopic (exact) mass is 408 g/mol. The van der Waals surface area contributed by atoms with E-state index in [0.29, 0.717) is 0 Å². The summed E-state index contributed by atoms with van der Waals surface area (Å²) in [6, 6.07) is 20.9. The third kappa shape index (κ3) is 5.55. The van der Waals surface area contributed by atoms with Crippen LogP contribution in [0.4, 0.5) is 0 Å². The van der Waals surface area contributed by atoms with Crippen molar-refractivity contribution in [2.24, 2.45) is 5.41 Å². The summed E-state index contributed by atoms with van der Waals surface area (Å²) in [6.07, 6.45) is 4.87. The van der Waals surface area contributed by atoms with Crippen LogP contribution in [-0.2, 0) is 9.16 Å². The molecule has 1 N–H and O–H groups in total. The highest BCUT2D eigenvalue weighted by molar-refractivity contribution is 6.80. The smallest absolute Gasteiger partial charge is 0.240 e. The van der Waals surface area contributed by atoms with Crippen molar-refractivity contribution in [3.05, 3.63) is 85.5 Å². The highest BCUT2D eigenvalue weighted by Gasteiger charge is 2.41. The predicted molar refractivity (Wildman–Crippen MR) is 122 cm³/mol.